The average Bonchev–Trinajstić information content (AvgIpc) is 2.78. The van der Waals surface area contributed by atoms with E-state index in [2.05, 4.69) is 5.32 Å². The number of hydrogen-bond donors (Lipinski definition) is 1. The summed E-state index contributed by atoms with van der Waals surface area (Å²) in [6.07, 6.45) is 0. The van der Waals surface area contributed by atoms with E-state index in [4.69, 9.17) is 9.47 Å². The van der Waals surface area contributed by atoms with Crippen LogP contribution in [0.2, 0.25) is 0 Å². The van der Waals surface area contributed by atoms with E-state index >= 15 is 0 Å². The second kappa shape index (κ2) is 7.99. The van der Waals surface area contributed by atoms with Crippen LogP contribution in [0.25, 0.3) is 0 Å². The van der Waals surface area contributed by atoms with E-state index in [0.29, 0.717) is 28.4 Å². The number of fused-ring (bicyclic) bond motifs is 1. The first-order valence-electron chi connectivity index (χ1n) is 8.61. The lowest BCUT2D eigenvalue weighted by molar-refractivity contribution is -0.121. The average molecular weight is 383 g/mol. The first kappa shape index (κ1) is 19.2. The van der Waals surface area contributed by atoms with Crippen LogP contribution in [0.3, 0.4) is 0 Å². The Bertz CT molecular complexity index is 928. The van der Waals surface area contributed by atoms with E-state index in [0.717, 1.165) is 0 Å². The van der Waals surface area contributed by atoms with Crippen molar-refractivity contribution >= 4 is 29.1 Å². The van der Waals surface area contributed by atoms with Crippen LogP contribution in [-0.2, 0) is 9.59 Å². The van der Waals surface area contributed by atoms with Crippen LogP contribution >= 0.6 is 0 Å². The summed E-state index contributed by atoms with van der Waals surface area (Å²) in [6, 6.07) is 11.7. The number of nitrogens with zero attached hydrogens (tertiary/aromatic N) is 2. The summed E-state index contributed by atoms with van der Waals surface area (Å²) >= 11 is 0. The Kier molecular flexibility index (Phi) is 5.49. The molecule has 2 aromatic carbocycles. The molecule has 3 rings (SSSR count). The SMILES string of the molecule is COc1ccc(NC(=O)CN2C(=O)CN(C)C(=O)c3ccccc32)cc1OC. The highest BCUT2D eigenvalue weighted by molar-refractivity contribution is 6.12. The van der Waals surface area contributed by atoms with Crippen molar-refractivity contribution < 1.29 is 23.9 Å². The number of anilines is 2. The first-order chi connectivity index (χ1) is 13.4. The summed E-state index contributed by atoms with van der Waals surface area (Å²) in [5, 5.41) is 2.74. The fourth-order valence-corrected chi connectivity index (χ4v) is 3.02. The molecular weight excluding hydrogens is 362 g/mol. The Labute approximate surface area is 162 Å². The van der Waals surface area contributed by atoms with Gasteiger partial charge in [-0.3, -0.25) is 14.4 Å². The van der Waals surface area contributed by atoms with E-state index in [1.54, 1.807) is 49.5 Å². The third-order valence-corrected chi connectivity index (χ3v) is 4.41. The predicted octanol–water partition coefficient (Wildman–Crippen LogP) is 1.76. The van der Waals surface area contributed by atoms with Gasteiger partial charge in [-0.2, -0.15) is 0 Å². The molecule has 0 bridgehead atoms. The number of amides is 3. The monoisotopic (exact) mass is 383 g/mol. The minimum atomic E-state index is -0.396. The molecule has 28 heavy (non-hydrogen) atoms. The molecule has 0 radical (unpaired) electrons. The summed E-state index contributed by atoms with van der Waals surface area (Å²) < 4.78 is 10.4. The van der Waals surface area contributed by atoms with Gasteiger partial charge in [-0.15, -0.1) is 0 Å². The fraction of sp³-hybridized carbons (Fsp3) is 0.250. The summed E-state index contributed by atoms with van der Waals surface area (Å²) in [5.74, 6) is 0.0322. The van der Waals surface area contributed by atoms with Gasteiger partial charge in [-0.05, 0) is 24.3 Å². The van der Waals surface area contributed by atoms with Crippen LogP contribution in [0.5, 0.6) is 11.5 Å². The second-order valence-electron chi connectivity index (χ2n) is 6.28. The maximum Gasteiger partial charge on any atom is 0.256 e. The topological polar surface area (TPSA) is 88.2 Å². The van der Waals surface area contributed by atoms with Crippen molar-refractivity contribution in [3.05, 3.63) is 48.0 Å². The third-order valence-electron chi connectivity index (χ3n) is 4.41. The van der Waals surface area contributed by atoms with E-state index in [-0.39, 0.29) is 24.9 Å². The third kappa shape index (κ3) is 3.75. The van der Waals surface area contributed by atoms with Gasteiger partial charge in [-0.25, -0.2) is 0 Å². The molecule has 8 nitrogen and oxygen atoms in total. The molecule has 1 aliphatic heterocycles. The molecule has 146 valence electrons. The highest BCUT2D eigenvalue weighted by Crippen LogP contribution is 2.30. The van der Waals surface area contributed by atoms with Gasteiger partial charge in [0.15, 0.2) is 11.5 Å². The molecule has 0 aliphatic carbocycles. The van der Waals surface area contributed by atoms with Crippen molar-refractivity contribution in [2.75, 3.05) is 44.6 Å². The maximum atomic E-state index is 12.6. The summed E-state index contributed by atoms with van der Waals surface area (Å²) in [5.41, 5.74) is 1.31. The van der Waals surface area contributed by atoms with Crippen molar-refractivity contribution in [2.24, 2.45) is 0 Å². The normalized spacial score (nSPS) is 13.7. The largest absolute Gasteiger partial charge is 0.493 e. The molecule has 0 aromatic heterocycles. The zero-order chi connectivity index (χ0) is 20.3. The van der Waals surface area contributed by atoms with Gasteiger partial charge in [0.25, 0.3) is 5.91 Å². The number of nitrogens with one attached hydrogen (secondary N) is 1. The molecule has 8 heteroatoms. The van der Waals surface area contributed by atoms with Crippen molar-refractivity contribution in [3.8, 4) is 11.5 Å². The Morgan fingerprint density at radius 3 is 2.50 bits per heavy atom. The molecule has 0 atom stereocenters. The Hall–Kier alpha value is -3.55. The van der Waals surface area contributed by atoms with Crippen LogP contribution in [0.15, 0.2) is 42.5 Å². The van der Waals surface area contributed by atoms with Gasteiger partial charge in [0.2, 0.25) is 11.8 Å². The lowest BCUT2D eigenvalue weighted by Gasteiger charge is -2.21. The quantitative estimate of drug-likeness (QED) is 0.850. The molecule has 0 saturated heterocycles. The van der Waals surface area contributed by atoms with Gasteiger partial charge >= 0.3 is 0 Å². The molecular formula is C20H21N3O5. The minimum absolute atomic E-state index is 0.100. The van der Waals surface area contributed by atoms with E-state index < -0.39 is 5.91 Å². The van der Waals surface area contributed by atoms with Gasteiger partial charge < -0.3 is 24.6 Å². The number of carbonyl (C=O) groups is 3. The molecule has 0 saturated carbocycles. The Balaban J connectivity index is 1.82. The van der Waals surface area contributed by atoms with Crippen molar-refractivity contribution in [3.63, 3.8) is 0 Å². The Morgan fingerprint density at radius 1 is 1.07 bits per heavy atom. The van der Waals surface area contributed by atoms with Crippen LogP contribution < -0.4 is 19.7 Å². The second-order valence-corrected chi connectivity index (χ2v) is 6.28. The number of benzene rings is 2. The molecule has 3 amide bonds. The van der Waals surface area contributed by atoms with Crippen molar-refractivity contribution in [1.82, 2.24) is 4.90 Å². The highest BCUT2D eigenvalue weighted by atomic mass is 16.5. The first-order valence-corrected chi connectivity index (χ1v) is 8.61. The lowest BCUT2D eigenvalue weighted by Crippen LogP contribution is -2.41. The molecule has 0 unspecified atom stereocenters. The summed E-state index contributed by atoms with van der Waals surface area (Å²) in [7, 11) is 4.59. The Morgan fingerprint density at radius 2 is 1.79 bits per heavy atom. The number of ether oxygens (including phenoxy) is 2. The standard InChI is InChI=1S/C20H21N3O5/c1-22-12-19(25)23(15-7-5-4-6-14(15)20(22)26)11-18(24)21-13-8-9-16(27-2)17(10-13)28-3/h4-10H,11-12H2,1-3H3,(H,21,24). The van der Waals surface area contributed by atoms with Gasteiger partial charge in [0.05, 0.1) is 25.5 Å². The van der Waals surface area contributed by atoms with E-state index in [1.807, 2.05) is 0 Å². The fourth-order valence-electron chi connectivity index (χ4n) is 3.02. The van der Waals surface area contributed by atoms with Crippen molar-refractivity contribution in [2.45, 2.75) is 0 Å². The predicted molar refractivity (Wildman–Crippen MR) is 104 cm³/mol. The van der Waals surface area contributed by atoms with Crippen LogP contribution in [0, 0.1) is 0 Å². The zero-order valence-corrected chi connectivity index (χ0v) is 15.9. The summed E-state index contributed by atoms with van der Waals surface area (Å²) in [6.45, 7) is -0.317. The van der Waals surface area contributed by atoms with Crippen molar-refractivity contribution in [1.29, 1.82) is 0 Å². The zero-order valence-electron chi connectivity index (χ0n) is 15.9. The molecule has 1 aliphatic rings. The van der Waals surface area contributed by atoms with Crippen LogP contribution in [0.1, 0.15) is 10.4 Å². The molecule has 1 N–H and O–H groups in total. The minimum Gasteiger partial charge on any atom is -0.493 e. The van der Waals surface area contributed by atoms with Gasteiger partial charge in [0, 0.05) is 18.8 Å². The number of para-hydroxylation sites is 1. The smallest absolute Gasteiger partial charge is 0.256 e. The van der Waals surface area contributed by atoms with Crippen LogP contribution in [-0.4, -0.2) is 57.0 Å². The van der Waals surface area contributed by atoms with Crippen LogP contribution in [0.4, 0.5) is 11.4 Å². The number of methoxy groups -OCH3 is 2. The summed E-state index contributed by atoms with van der Waals surface area (Å²) in [4.78, 5) is 40.3. The highest BCUT2D eigenvalue weighted by Gasteiger charge is 2.30. The maximum absolute atomic E-state index is 12.6. The number of carbonyl (C=O) groups excluding carboxylic acids is 3. The van der Waals surface area contributed by atoms with E-state index in [1.165, 1.54) is 24.0 Å². The number of rotatable bonds is 5. The molecule has 0 fully saturated rings. The van der Waals surface area contributed by atoms with E-state index in [9.17, 15) is 14.4 Å². The molecule has 2 aromatic rings. The number of hydrogen-bond acceptors (Lipinski definition) is 5. The molecule has 1 heterocycles. The number of likely N-dealkylation sites (N-methyl/N-ethyl adjacent to an activating group) is 1. The van der Waals surface area contributed by atoms with Gasteiger partial charge in [-0.1, -0.05) is 12.1 Å². The van der Waals surface area contributed by atoms with Gasteiger partial charge in [0.1, 0.15) is 13.1 Å². The lowest BCUT2D eigenvalue weighted by atomic mass is 10.1. The molecule has 0 spiro atoms.